The molecule has 0 atom stereocenters. The first-order chi connectivity index (χ1) is 6.72. The molecule has 0 saturated heterocycles. The normalized spacial score (nSPS) is 9.86. The monoisotopic (exact) mass is 214 g/mol. The smallest absolute Gasteiger partial charge is 0.216 e. The molecule has 1 aromatic rings. The number of anilines is 1. The van der Waals surface area contributed by atoms with E-state index in [2.05, 4.69) is 20.0 Å². The molecule has 0 aliphatic carbocycles. The van der Waals surface area contributed by atoms with E-state index in [4.69, 9.17) is 0 Å². The predicted molar refractivity (Wildman–Crippen MR) is 56.5 cm³/mol. The number of rotatable bonds is 5. The quantitative estimate of drug-likeness (QED) is 0.706. The van der Waals surface area contributed by atoms with Crippen molar-refractivity contribution >= 4 is 22.6 Å². The number of amides is 1. The van der Waals surface area contributed by atoms with E-state index < -0.39 is 0 Å². The van der Waals surface area contributed by atoms with E-state index in [1.807, 2.05) is 6.92 Å². The highest BCUT2D eigenvalue weighted by atomic mass is 32.1. The maximum atomic E-state index is 10.5. The summed E-state index contributed by atoms with van der Waals surface area (Å²) in [5.74, 6) is 0.843. The van der Waals surface area contributed by atoms with Crippen LogP contribution in [-0.4, -0.2) is 28.4 Å². The molecule has 1 amide bonds. The summed E-state index contributed by atoms with van der Waals surface area (Å²) in [4.78, 5) is 14.8. The number of carbonyl (C=O) groups is 1. The summed E-state index contributed by atoms with van der Waals surface area (Å²) < 4.78 is 4.13. The Labute approximate surface area is 87.1 Å². The van der Waals surface area contributed by atoms with Crippen molar-refractivity contribution in [2.45, 2.75) is 20.3 Å². The van der Waals surface area contributed by atoms with Gasteiger partial charge in [-0.3, -0.25) is 4.79 Å². The first-order valence-corrected chi connectivity index (χ1v) is 5.30. The molecule has 1 aromatic heterocycles. The number of aryl methyl sites for hydroxylation is 1. The zero-order chi connectivity index (χ0) is 10.4. The van der Waals surface area contributed by atoms with Gasteiger partial charge in [-0.25, -0.2) is 4.98 Å². The molecule has 2 N–H and O–H groups in total. The van der Waals surface area contributed by atoms with Crippen molar-refractivity contribution in [1.82, 2.24) is 14.7 Å². The van der Waals surface area contributed by atoms with Gasteiger partial charge in [0.25, 0.3) is 0 Å². The lowest BCUT2D eigenvalue weighted by atomic mass is 10.5. The summed E-state index contributed by atoms with van der Waals surface area (Å²) in [5, 5.41) is 6.59. The van der Waals surface area contributed by atoms with E-state index >= 15 is 0 Å². The molecule has 0 fully saturated rings. The maximum absolute atomic E-state index is 10.5. The second kappa shape index (κ2) is 5.54. The fourth-order valence-electron chi connectivity index (χ4n) is 0.877. The third-order valence-corrected chi connectivity index (χ3v) is 2.27. The Balaban J connectivity index is 2.21. The number of aromatic nitrogens is 2. The summed E-state index contributed by atoms with van der Waals surface area (Å²) >= 11 is 1.35. The number of hydrogen-bond donors (Lipinski definition) is 2. The van der Waals surface area contributed by atoms with Gasteiger partial charge in [0, 0.05) is 38.0 Å². The minimum atomic E-state index is -0.0155. The van der Waals surface area contributed by atoms with Crippen LogP contribution in [-0.2, 0) is 11.2 Å². The van der Waals surface area contributed by atoms with Crippen molar-refractivity contribution in [3.05, 3.63) is 5.82 Å². The van der Waals surface area contributed by atoms with Crippen LogP contribution < -0.4 is 10.6 Å². The van der Waals surface area contributed by atoms with Crippen LogP contribution in [0.25, 0.3) is 0 Å². The first-order valence-electron chi connectivity index (χ1n) is 4.53. The minimum absolute atomic E-state index is 0.0155. The van der Waals surface area contributed by atoms with Gasteiger partial charge < -0.3 is 10.6 Å². The molecule has 6 heteroatoms. The molecule has 14 heavy (non-hydrogen) atoms. The van der Waals surface area contributed by atoms with Crippen LogP contribution in [0.5, 0.6) is 0 Å². The summed E-state index contributed by atoms with van der Waals surface area (Å²) in [6.45, 7) is 4.80. The van der Waals surface area contributed by atoms with Crippen LogP contribution in [0.3, 0.4) is 0 Å². The third kappa shape index (κ3) is 3.69. The van der Waals surface area contributed by atoms with Crippen LogP contribution in [0.2, 0.25) is 0 Å². The Kier molecular flexibility index (Phi) is 4.31. The van der Waals surface area contributed by atoms with Crippen molar-refractivity contribution < 1.29 is 4.79 Å². The van der Waals surface area contributed by atoms with Gasteiger partial charge in [-0.1, -0.05) is 6.92 Å². The van der Waals surface area contributed by atoms with Crippen LogP contribution >= 0.6 is 11.5 Å². The van der Waals surface area contributed by atoms with E-state index in [0.29, 0.717) is 13.1 Å². The van der Waals surface area contributed by atoms with Crippen LogP contribution in [0.4, 0.5) is 5.13 Å². The van der Waals surface area contributed by atoms with Crippen LogP contribution in [0, 0.1) is 0 Å². The molecule has 78 valence electrons. The largest absolute Gasteiger partial charge is 0.359 e. The highest BCUT2D eigenvalue weighted by Crippen LogP contribution is 2.09. The van der Waals surface area contributed by atoms with Gasteiger partial charge in [-0.2, -0.15) is 4.37 Å². The number of hydrogen-bond acceptors (Lipinski definition) is 5. The molecule has 0 spiro atoms. The Morgan fingerprint density at radius 1 is 1.50 bits per heavy atom. The summed E-state index contributed by atoms with van der Waals surface area (Å²) in [5.41, 5.74) is 0. The van der Waals surface area contributed by atoms with E-state index in [1.165, 1.54) is 18.5 Å². The van der Waals surface area contributed by atoms with Gasteiger partial charge in [0.05, 0.1) is 0 Å². The first kappa shape index (κ1) is 10.9. The number of carbonyl (C=O) groups excluding carboxylic acids is 1. The fraction of sp³-hybridized carbons (Fsp3) is 0.625. The Morgan fingerprint density at radius 2 is 2.29 bits per heavy atom. The Hall–Kier alpha value is -1.17. The molecule has 0 aromatic carbocycles. The average molecular weight is 214 g/mol. The Morgan fingerprint density at radius 3 is 2.86 bits per heavy atom. The molecule has 1 rings (SSSR count). The van der Waals surface area contributed by atoms with E-state index in [0.717, 1.165) is 17.4 Å². The molecule has 0 bridgehead atoms. The Bertz CT molecular complexity index is 299. The molecular weight excluding hydrogens is 200 g/mol. The van der Waals surface area contributed by atoms with Crippen molar-refractivity contribution in [3.63, 3.8) is 0 Å². The van der Waals surface area contributed by atoms with Crippen LogP contribution in [0.1, 0.15) is 19.7 Å². The molecule has 5 nitrogen and oxygen atoms in total. The van der Waals surface area contributed by atoms with Gasteiger partial charge in [0.2, 0.25) is 11.0 Å². The number of nitrogens with zero attached hydrogens (tertiary/aromatic N) is 2. The van der Waals surface area contributed by atoms with Crippen molar-refractivity contribution in [1.29, 1.82) is 0 Å². The molecule has 0 unspecified atom stereocenters. The van der Waals surface area contributed by atoms with Crippen molar-refractivity contribution in [3.8, 4) is 0 Å². The molecule has 0 radical (unpaired) electrons. The molecule has 1 heterocycles. The highest BCUT2D eigenvalue weighted by Gasteiger charge is 2.00. The summed E-state index contributed by atoms with van der Waals surface area (Å²) in [6, 6.07) is 0. The van der Waals surface area contributed by atoms with Gasteiger partial charge in [-0.15, -0.1) is 0 Å². The zero-order valence-corrected chi connectivity index (χ0v) is 9.15. The van der Waals surface area contributed by atoms with Gasteiger partial charge in [-0.05, 0) is 0 Å². The van der Waals surface area contributed by atoms with E-state index in [9.17, 15) is 4.79 Å². The van der Waals surface area contributed by atoms with Crippen LogP contribution in [0.15, 0.2) is 0 Å². The second-order valence-corrected chi connectivity index (χ2v) is 3.53. The van der Waals surface area contributed by atoms with E-state index in [-0.39, 0.29) is 5.91 Å². The van der Waals surface area contributed by atoms with Gasteiger partial charge >= 0.3 is 0 Å². The number of nitrogens with one attached hydrogen (secondary N) is 2. The average Bonchev–Trinajstić information content (AvgIpc) is 2.60. The second-order valence-electron chi connectivity index (χ2n) is 2.78. The standard InChI is InChI=1S/C8H14N4OS/c1-3-7-11-8(14-12-7)10-5-4-9-6(2)13/h3-5H2,1-2H3,(H,9,13)(H,10,11,12). The lowest BCUT2D eigenvalue weighted by Crippen LogP contribution is -2.26. The molecule has 0 aliphatic rings. The lowest BCUT2D eigenvalue weighted by Gasteiger charge is -2.01. The highest BCUT2D eigenvalue weighted by molar-refractivity contribution is 7.09. The zero-order valence-electron chi connectivity index (χ0n) is 8.33. The summed E-state index contributed by atoms with van der Waals surface area (Å²) in [6.07, 6.45) is 0.851. The van der Waals surface area contributed by atoms with Crippen molar-refractivity contribution in [2.24, 2.45) is 0 Å². The predicted octanol–water partition coefficient (Wildman–Crippen LogP) is 0.648. The lowest BCUT2D eigenvalue weighted by molar-refractivity contribution is -0.118. The maximum Gasteiger partial charge on any atom is 0.216 e. The van der Waals surface area contributed by atoms with Gasteiger partial charge in [0.1, 0.15) is 5.82 Å². The topological polar surface area (TPSA) is 66.9 Å². The summed E-state index contributed by atoms with van der Waals surface area (Å²) in [7, 11) is 0. The fourth-order valence-corrected chi connectivity index (χ4v) is 1.55. The van der Waals surface area contributed by atoms with Crippen molar-refractivity contribution in [2.75, 3.05) is 18.4 Å². The SMILES string of the molecule is CCc1nsc(NCCNC(C)=O)n1. The third-order valence-electron chi connectivity index (χ3n) is 1.56. The minimum Gasteiger partial charge on any atom is -0.359 e. The molecule has 0 saturated carbocycles. The van der Waals surface area contributed by atoms with E-state index in [1.54, 1.807) is 0 Å². The van der Waals surface area contributed by atoms with Gasteiger partial charge in [0.15, 0.2) is 0 Å². The molecular formula is C8H14N4OS. The molecule has 0 aliphatic heterocycles.